The van der Waals surface area contributed by atoms with Crippen LogP contribution in [0.3, 0.4) is 0 Å². The van der Waals surface area contributed by atoms with Gasteiger partial charge >= 0.3 is 0 Å². The molecule has 0 aromatic carbocycles. The van der Waals surface area contributed by atoms with Crippen LogP contribution < -0.4 is 5.73 Å². The minimum atomic E-state index is -0.453. The highest BCUT2D eigenvalue weighted by atomic mass is 32.1. The number of hydrogen-bond acceptors (Lipinski definition) is 3. The first-order valence-electron chi connectivity index (χ1n) is 2.71. The summed E-state index contributed by atoms with van der Waals surface area (Å²) in [6.45, 7) is 0. The van der Waals surface area contributed by atoms with E-state index in [-0.39, 0.29) is 0 Å². The van der Waals surface area contributed by atoms with Crippen molar-refractivity contribution in [3.8, 4) is 0 Å². The summed E-state index contributed by atoms with van der Waals surface area (Å²) in [5, 5.41) is 3.30. The predicted octanol–water partition coefficient (Wildman–Crippen LogP) is 1.20. The summed E-state index contributed by atoms with van der Waals surface area (Å²) in [6.07, 6.45) is 0. The van der Waals surface area contributed by atoms with Gasteiger partial charge in [-0.25, -0.2) is 0 Å². The highest BCUT2D eigenvalue weighted by molar-refractivity contribution is 7.81. The SMILES string of the molecule is NC(=O)C(S)c1ccsc1. The molecule has 1 atom stereocenters. The molecule has 2 nitrogen and oxygen atoms in total. The minimum Gasteiger partial charge on any atom is -0.368 e. The molecule has 0 saturated carbocycles. The third-order valence-electron chi connectivity index (χ3n) is 1.13. The topological polar surface area (TPSA) is 43.1 Å². The standard InChI is InChI=1S/C6H7NOS2/c7-6(8)5(9)4-1-2-10-3-4/h1-3,5,9H,(H2,7,8). The number of rotatable bonds is 2. The molecule has 0 aliphatic carbocycles. The van der Waals surface area contributed by atoms with Gasteiger partial charge in [0.15, 0.2) is 0 Å². The van der Waals surface area contributed by atoms with Gasteiger partial charge in [0.1, 0.15) is 5.25 Å². The van der Waals surface area contributed by atoms with Crippen molar-refractivity contribution in [2.75, 3.05) is 0 Å². The lowest BCUT2D eigenvalue weighted by Gasteiger charge is -2.00. The normalized spacial score (nSPS) is 12.9. The summed E-state index contributed by atoms with van der Waals surface area (Å²) in [6, 6.07) is 1.84. The molecule has 0 fully saturated rings. The van der Waals surface area contributed by atoms with Crippen LogP contribution in [0, 0.1) is 0 Å². The quantitative estimate of drug-likeness (QED) is 0.648. The van der Waals surface area contributed by atoms with Gasteiger partial charge in [-0.3, -0.25) is 4.79 Å². The molecule has 4 heteroatoms. The Morgan fingerprint density at radius 3 is 2.90 bits per heavy atom. The summed E-state index contributed by atoms with van der Waals surface area (Å²) < 4.78 is 0. The summed E-state index contributed by atoms with van der Waals surface area (Å²) >= 11 is 5.54. The molecule has 0 radical (unpaired) electrons. The van der Waals surface area contributed by atoms with Gasteiger partial charge in [0.2, 0.25) is 5.91 Å². The second-order valence-electron chi connectivity index (χ2n) is 1.86. The van der Waals surface area contributed by atoms with Crippen LogP contribution in [0.5, 0.6) is 0 Å². The highest BCUT2D eigenvalue weighted by Gasteiger charge is 2.11. The Morgan fingerprint density at radius 1 is 1.80 bits per heavy atom. The molecule has 0 spiro atoms. The average Bonchev–Trinajstić information content (AvgIpc) is 2.36. The zero-order chi connectivity index (χ0) is 7.56. The number of primary amides is 1. The highest BCUT2D eigenvalue weighted by Crippen LogP contribution is 2.21. The van der Waals surface area contributed by atoms with Crippen LogP contribution in [0.4, 0.5) is 0 Å². The molecule has 1 amide bonds. The van der Waals surface area contributed by atoms with E-state index in [0.29, 0.717) is 0 Å². The third-order valence-corrected chi connectivity index (χ3v) is 2.38. The number of thiol groups is 1. The van der Waals surface area contributed by atoms with Gasteiger partial charge in [-0.05, 0) is 22.4 Å². The summed E-state index contributed by atoms with van der Waals surface area (Å²) in [5.74, 6) is -0.401. The monoisotopic (exact) mass is 173 g/mol. The maximum Gasteiger partial charge on any atom is 0.234 e. The first-order chi connectivity index (χ1) is 4.72. The zero-order valence-electron chi connectivity index (χ0n) is 5.15. The van der Waals surface area contributed by atoms with E-state index < -0.39 is 11.2 Å². The van der Waals surface area contributed by atoms with Crippen molar-refractivity contribution in [3.63, 3.8) is 0 Å². The van der Waals surface area contributed by atoms with E-state index in [1.807, 2.05) is 16.8 Å². The summed E-state index contributed by atoms with van der Waals surface area (Å²) in [4.78, 5) is 10.5. The van der Waals surface area contributed by atoms with Crippen molar-refractivity contribution in [2.45, 2.75) is 5.25 Å². The largest absolute Gasteiger partial charge is 0.368 e. The lowest BCUT2D eigenvalue weighted by Crippen LogP contribution is -2.16. The van der Waals surface area contributed by atoms with E-state index in [1.54, 1.807) is 0 Å². The molecule has 1 unspecified atom stereocenters. The Labute approximate surface area is 68.5 Å². The number of thiophene rings is 1. The van der Waals surface area contributed by atoms with E-state index in [4.69, 9.17) is 5.73 Å². The van der Waals surface area contributed by atoms with Crippen LogP contribution in [-0.4, -0.2) is 5.91 Å². The first-order valence-corrected chi connectivity index (χ1v) is 4.17. The summed E-state index contributed by atoms with van der Waals surface area (Å²) in [7, 11) is 0. The molecule has 0 aliphatic rings. The molecule has 1 rings (SSSR count). The Morgan fingerprint density at radius 2 is 2.50 bits per heavy atom. The number of hydrogen-bond donors (Lipinski definition) is 2. The van der Waals surface area contributed by atoms with Crippen molar-refractivity contribution in [2.24, 2.45) is 5.73 Å². The van der Waals surface area contributed by atoms with Gasteiger partial charge in [0, 0.05) is 0 Å². The van der Waals surface area contributed by atoms with Gasteiger partial charge < -0.3 is 5.73 Å². The Balaban J connectivity index is 2.77. The second-order valence-corrected chi connectivity index (χ2v) is 3.16. The van der Waals surface area contributed by atoms with Gasteiger partial charge in [0.25, 0.3) is 0 Å². The molecule has 0 aliphatic heterocycles. The van der Waals surface area contributed by atoms with Gasteiger partial charge in [-0.1, -0.05) is 0 Å². The lowest BCUT2D eigenvalue weighted by molar-refractivity contribution is -0.117. The Kier molecular flexibility index (Phi) is 2.34. The van der Waals surface area contributed by atoms with Crippen molar-refractivity contribution >= 4 is 29.9 Å². The summed E-state index contributed by atoms with van der Waals surface area (Å²) in [5.41, 5.74) is 5.89. The van der Waals surface area contributed by atoms with E-state index in [0.717, 1.165) is 5.56 Å². The van der Waals surface area contributed by atoms with Gasteiger partial charge in [-0.2, -0.15) is 24.0 Å². The van der Waals surface area contributed by atoms with Gasteiger partial charge in [-0.15, -0.1) is 0 Å². The average molecular weight is 173 g/mol. The van der Waals surface area contributed by atoms with Crippen molar-refractivity contribution in [1.82, 2.24) is 0 Å². The maximum atomic E-state index is 10.5. The molecular weight excluding hydrogens is 166 g/mol. The van der Waals surface area contributed by atoms with Crippen molar-refractivity contribution in [1.29, 1.82) is 0 Å². The maximum absolute atomic E-state index is 10.5. The van der Waals surface area contributed by atoms with E-state index in [2.05, 4.69) is 12.6 Å². The minimum absolute atomic E-state index is 0.401. The fourth-order valence-corrected chi connectivity index (χ4v) is 1.54. The van der Waals surface area contributed by atoms with Crippen LogP contribution >= 0.6 is 24.0 Å². The van der Waals surface area contributed by atoms with E-state index in [1.165, 1.54) is 11.3 Å². The Bertz CT molecular complexity index is 220. The zero-order valence-corrected chi connectivity index (χ0v) is 6.86. The fourth-order valence-electron chi connectivity index (χ4n) is 0.595. The van der Waals surface area contributed by atoms with Gasteiger partial charge in [0.05, 0.1) is 0 Å². The van der Waals surface area contributed by atoms with E-state index >= 15 is 0 Å². The first kappa shape index (κ1) is 7.63. The molecule has 10 heavy (non-hydrogen) atoms. The number of nitrogens with two attached hydrogens (primary N) is 1. The van der Waals surface area contributed by atoms with Crippen LogP contribution in [0.15, 0.2) is 16.8 Å². The number of amides is 1. The third kappa shape index (κ3) is 1.52. The van der Waals surface area contributed by atoms with E-state index in [9.17, 15) is 4.79 Å². The Hall–Kier alpha value is -0.480. The molecule has 0 bridgehead atoms. The fraction of sp³-hybridized carbons (Fsp3) is 0.167. The van der Waals surface area contributed by atoms with Crippen molar-refractivity contribution < 1.29 is 4.79 Å². The second kappa shape index (κ2) is 3.07. The van der Waals surface area contributed by atoms with Crippen LogP contribution in [0.25, 0.3) is 0 Å². The van der Waals surface area contributed by atoms with Crippen LogP contribution in [0.1, 0.15) is 10.8 Å². The molecule has 1 heterocycles. The number of carbonyl (C=O) groups excluding carboxylic acids is 1. The molecule has 1 aromatic rings. The van der Waals surface area contributed by atoms with Crippen LogP contribution in [-0.2, 0) is 4.79 Å². The number of carbonyl (C=O) groups is 1. The smallest absolute Gasteiger partial charge is 0.234 e. The molecular formula is C6H7NOS2. The lowest BCUT2D eigenvalue weighted by atomic mass is 10.2. The molecule has 1 aromatic heterocycles. The molecule has 2 N–H and O–H groups in total. The predicted molar refractivity (Wildman–Crippen MR) is 45.2 cm³/mol. The van der Waals surface area contributed by atoms with Crippen molar-refractivity contribution in [3.05, 3.63) is 22.4 Å². The molecule has 54 valence electrons. The molecule has 0 saturated heterocycles. The van der Waals surface area contributed by atoms with Crippen LogP contribution in [0.2, 0.25) is 0 Å².